The average Bonchev–Trinajstić information content (AvgIpc) is 2.73. The summed E-state index contributed by atoms with van der Waals surface area (Å²) in [4.78, 5) is 24.8. The number of benzene rings is 3. The molecule has 0 fully saturated rings. The second kappa shape index (κ2) is 6.88. The van der Waals surface area contributed by atoms with Crippen LogP contribution in [0, 0.1) is 6.92 Å². The van der Waals surface area contributed by atoms with Crippen LogP contribution in [0.4, 0.5) is 0 Å². The molecule has 1 N–H and O–H groups in total. The monoisotopic (exact) mass is 398 g/mol. The van der Waals surface area contributed by atoms with E-state index in [1.165, 1.54) is 6.07 Å². The van der Waals surface area contributed by atoms with Crippen LogP contribution in [-0.4, -0.2) is 11.1 Å². The number of fused-ring (bicyclic) bond motifs is 3. The fraction of sp³-hybridized carbons (Fsp3) is 0.120. The highest BCUT2D eigenvalue weighted by Gasteiger charge is 2.33. The lowest BCUT2D eigenvalue weighted by Gasteiger charge is -2.28. The topological polar surface area (TPSA) is 76.7 Å². The molecule has 0 amide bonds. The number of hydrogen-bond acceptors (Lipinski definition) is 5. The largest absolute Gasteiger partial charge is 0.508 e. The van der Waals surface area contributed by atoms with Crippen LogP contribution in [-0.2, 0) is 4.79 Å². The van der Waals surface area contributed by atoms with Crippen molar-refractivity contribution in [3.63, 3.8) is 0 Å². The molecule has 0 aliphatic carbocycles. The number of aryl methyl sites for hydroxylation is 1. The summed E-state index contributed by atoms with van der Waals surface area (Å²) >= 11 is 0. The average molecular weight is 398 g/mol. The zero-order valence-corrected chi connectivity index (χ0v) is 16.2. The number of carbonyl (C=O) groups is 1. The van der Waals surface area contributed by atoms with Gasteiger partial charge in [0.05, 0.1) is 11.8 Å². The number of esters is 1. The van der Waals surface area contributed by atoms with Crippen molar-refractivity contribution in [2.45, 2.75) is 19.3 Å². The van der Waals surface area contributed by atoms with E-state index in [-0.39, 0.29) is 24.1 Å². The predicted octanol–water partition coefficient (Wildman–Crippen LogP) is 4.92. The molecule has 4 aromatic rings. The minimum Gasteiger partial charge on any atom is -0.508 e. The van der Waals surface area contributed by atoms with Crippen molar-refractivity contribution < 1.29 is 19.1 Å². The molecule has 3 aromatic carbocycles. The van der Waals surface area contributed by atoms with E-state index in [4.69, 9.17) is 9.15 Å². The Morgan fingerprint density at radius 3 is 2.43 bits per heavy atom. The normalized spacial score (nSPS) is 15.6. The standard InChI is InChI=1S/C25H18O5/c1-14-11-20-24(19(13-21(27)29-20)15-5-3-2-4-6-15)25-23(14)18(12-22(28)30-25)16-7-9-17(26)10-8-16/h2-11,13,18,26H,12H2,1H3/t18-/m0/s1. The van der Waals surface area contributed by atoms with Crippen molar-refractivity contribution in [3.05, 3.63) is 93.8 Å². The summed E-state index contributed by atoms with van der Waals surface area (Å²) in [5.41, 5.74) is 4.10. The van der Waals surface area contributed by atoms with Gasteiger partial charge in [-0.05, 0) is 41.8 Å². The van der Waals surface area contributed by atoms with Gasteiger partial charge in [-0.1, -0.05) is 42.5 Å². The molecule has 0 unspecified atom stereocenters. The molecule has 30 heavy (non-hydrogen) atoms. The molecule has 148 valence electrons. The molecule has 2 heterocycles. The number of phenolic OH excluding ortho intramolecular Hbond substituents is 1. The first kappa shape index (κ1) is 18.2. The number of carbonyl (C=O) groups excluding carboxylic acids is 1. The molecule has 0 spiro atoms. The van der Waals surface area contributed by atoms with Gasteiger partial charge in [-0.2, -0.15) is 0 Å². The first-order valence-electron chi connectivity index (χ1n) is 9.67. The summed E-state index contributed by atoms with van der Waals surface area (Å²) < 4.78 is 11.2. The van der Waals surface area contributed by atoms with Gasteiger partial charge >= 0.3 is 11.6 Å². The minimum absolute atomic E-state index is 0.167. The number of ether oxygens (including phenoxy) is 1. The Bertz CT molecular complexity index is 1330. The van der Waals surface area contributed by atoms with Gasteiger partial charge in [-0.25, -0.2) is 4.79 Å². The highest BCUT2D eigenvalue weighted by Crippen LogP contribution is 2.47. The molecule has 0 bridgehead atoms. The number of aromatic hydroxyl groups is 1. The Labute approximate surface area is 172 Å². The van der Waals surface area contributed by atoms with Crippen molar-refractivity contribution >= 4 is 16.9 Å². The van der Waals surface area contributed by atoms with Gasteiger partial charge in [-0.15, -0.1) is 0 Å². The zero-order valence-electron chi connectivity index (χ0n) is 16.2. The highest BCUT2D eigenvalue weighted by atomic mass is 16.5. The molecule has 5 rings (SSSR count). The Kier molecular flexibility index (Phi) is 4.17. The second-order valence-corrected chi connectivity index (χ2v) is 7.48. The first-order chi connectivity index (χ1) is 14.5. The predicted molar refractivity (Wildman–Crippen MR) is 113 cm³/mol. The Morgan fingerprint density at radius 1 is 0.967 bits per heavy atom. The smallest absolute Gasteiger partial charge is 0.336 e. The van der Waals surface area contributed by atoms with E-state index in [0.717, 1.165) is 22.3 Å². The van der Waals surface area contributed by atoms with E-state index in [1.807, 2.05) is 55.5 Å². The lowest BCUT2D eigenvalue weighted by atomic mass is 9.82. The highest BCUT2D eigenvalue weighted by molar-refractivity contribution is 6.01. The molecule has 1 aromatic heterocycles. The lowest BCUT2D eigenvalue weighted by Crippen LogP contribution is -2.22. The van der Waals surface area contributed by atoms with Crippen LogP contribution in [0.25, 0.3) is 22.1 Å². The van der Waals surface area contributed by atoms with E-state index in [9.17, 15) is 14.7 Å². The van der Waals surface area contributed by atoms with Crippen molar-refractivity contribution in [2.24, 2.45) is 0 Å². The van der Waals surface area contributed by atoms with E-state index in [0.29, 0.717) is 22.3 Å². The maximum absolute atomic E-state index is 12.6. The molecule has 0 radical (unpaired) electrons. The third kappa shape index (κ3) is 2.95. The summed E-state index contributed by atoms with van der Waals surface area (Å²) in [7, 11) is 0. The molecule has 1 atom stereocenters. The van der Waals surface area contributed by atoms with Gasteiger partial charge in [0.25, 0.3) is 0 Å². The Balaban J connectivity index is 1.85. The second-order valence-electron chi connectivity index (χ2n) is 7.48. The van der Waals surface area contributed by atoms with Crippen LogP contribution < -0.4 is 10.4 Å². The molecular formula is C25H18O5. The fourth-order valence-corrected chi connectivity index (χ4v) is 4.24. The van der Waals surface area contributed by atoms with Gasteiger partial charge in [0.1, 0.15) is 17.1 Å². The van der Waals surface area contributed by atoms with E-state index in [1.54, 1.807) is 12.1 Å². The lowest BCUT2D eigenvalue weighted by molar-refractivity contribution is -0.135. The van der Waals surface area contributed by atoms with Gasteiger partial charge in [-0.3, -0.25) is 4.79 Å². The van der Waals surface area contributed by atoms with Crippen LogP contribution in [0.3, 0.4) is 0 Å². The van der Waals surface area contributed by atoms with E-state index in [2.05, 4.69) is 0 Å². The maximum atomic E-state index is 12.6. The Hall–Kier alpha value is -3.86. The van der Waals surface area contributed by atoms with Crippen LogP contribution in [0.2, 0.25) is 0 Å². The molecule has 1 aliphatic rings. The van der Waals surface area contributed by atoms with Crippen LogP contribution in [0.1, 0.15) is 29.0 Å². The van der Waals surface area contributed by atoms with Crippen LogP contribution in [0.15, 0.2) is 75.9 Å². The summed E-state index contributed by atoms with van der Waals surface area (Å²) in [5.74, 6) is 0.0298. The van der Waals surface area contributed by atoms with Crippen molar-refractivity contribution in [2.75, 3.05) is 0 Å². The molecule has 0 saturated heterocycles. The first-order valence-corrected chi connectivity index (χ1v) is 9.67. The molecular weight excluding hydrogens is 380 g/mol. The van der Waals surface area contributed by atoms with Gasteiger partial charge in [0.2, 0.25) is 0 Å². The molecule has 5 nitrogen and oxygen atoms in total. The minimum atomic E-state index is -0.460. The summed E-state index contributed by atoms with van der Waals surface area (Å²) in [6.07, 6.45) is 0.196. The maximum Gasteiger partial charge on any atom is 0.336 e. The van der Waals surface area contributed by atoms with Gasteiger partial charge < -0.3 is 14.3 Å². The summed E-state index contributed by atoms with van der Waals surface area (Å²) in [6.45, 7) is 1.92. The SMILES string of the molecule is Cc1cc2oc(=O)cc(-c3ccccc3)c2c2c1[C@H](c1ccc(O)cc1)CC(=O)O2. The Morgan fingerprint density at radius 2 is 1.70 bits per heavy atom. The summed E-state index contributed by atoms with van der Waals surface area (Å²) in [6, 6.07) is 19.6. The van der Waals surface area contributed by atoms with Crippen LogP contribution >= 0.6 is 0 Å². The van der Waals surface area contributed by atoms with E-state index >= 15 is 0 Å². The van der Waals surface area contributed by atoms with Gasteiger partial charge in [0, 0.05) is 23.1 Å². The number of rotatable bonds is 2. The molecule has 1 aliphatic heterocycles. The molecule has 0 saturated carbocycles. The fourth-order valence-electron chi connectivity index (χ4n) is 4.24. The molecule has 5 heteroatoms. The number of phenols is 1. The number of hydrogen-bond donors (Lipinski definition) is 1. The summed E-state index contributed by atoms with van der Waals surface area (Å²) in [5, 5.41) is 10.3. The van der Waals surface area contributed by atoms with E-state index < -0.39 is 5.63 Å². The van der Waals surface area contributed by atoms with Crippen LogP contribution in [0.5, 0.6) is 11.5 Å². The zero-order chi connectivity index (χ0) is 20.8. The van der Waals surface area contributed by atoms with Crippen molar-refractivity contribution in [1.29, 1.82) is 0 Å². The third-order valence-electron chi connectivity index (χ3n) is 5.55. The van der Waals surface area contributed by atoms with Crippen molar-refractivity contribution in [3.8, 4) is 22.6 Å². The van der Waals surface area contributed by atoms with Gasteiger partial charge in [0.15, 0.2) is 0 Å². The quantitative estimate of drug-likeness (QED) is 0.295. The van der Waals surface area contributed by atoms with Crippen molar-refractivity contribution in [1.82, 2.24) is 0 Å². The third-order valence-corrected chi connectivity index (χ3v) is 5.55.